The van der Waals surface area contributed by atoms with Crippen molar-refractivity contribution in [2.45, 2.75) is 9.79 Å². The van der Waals surface area contributed by atoms with Gasteiger partial charge in [-0.3, -0.25) is 0 Å². The van der Waals surface area contributed by atoms with Crippen molar-refractivity contribution >= 4 is 95.7 Å². The molecule has 0 bridgehead atoms. The fraction of sp³-hybridized carbons (Fsp3) is 0. The van der Waals surface area contributed by atoms with E-state index in [0.717, 1.165) is 24.3 Å². The van der Waals surface area contributed by atoms with Crippen LogP contribution in [0, 0.1) is 0 Å². The van der Waals surface area contributed by atoms with Crippen LogP contribution in [-0.2, 0) is 20.2 Å². The first-order valence-corrected chi connectivity index (χ1v) is 8.29. The summed E-state index contributed by atoms with van der Waals surface area (Å²) in [7, 11) is -9.19. The second kappa shape index (κ2) is 11.2. The Bertz CT molecular complexity index is 793. The monoisotopic (exact) mass is 424 g/mol. The summed E-state index contributed by atoms with van der Waals surface area (Å²) in [6.07, 6.45) is 0. The van der Waals surface area contributed by atoms with Crippen LogP contribution in [0.2, 0.25) is 0 Å². The minimum absolute atomic E-state index is 0. The molecule has 120 valence electrons. The second-order valence-electron chi connectivity index (χ2n) is 3.80. The number of hydrogen-bond donors (Lipinski definition) is 0. The van der Waals surface area contributed by atoms with Crippen LogP contribution in [0.5, 0.6) is 11.5 Å². The third-order valence-corrected chi connectivity index (χ3v) is 3.99. The van der Waals surface area contributed by atoms with Gasteiger partial charge in [-0.1, -0.05) is 47.9 Å². The molecule has 0 amide bonds. The molecule has 2 aromatic rings. The van der Waals surface area contributed by atoms with E-state index in [1.807, 2.05) is 0 Å². The van der Waals surface area contributed by atoms with Crippen LogP contribution in [0.4, 0.5) is 0 Å². The molecule has 0 unspecified atom stereocenters. The molecule has 0 aliphatic carbocycles. The van der Waals surface area contributed by atoms with Crippen LogP contribution in [0.15, 0.2) is 58.3 Å². The predicted octanol–water partition coefficient (Wildman–Crippen LogP) is -1.43. The van der Waals surface area contributed by atoms with Crippen molar-refractivity contribution in [3.63, 3.8) is 0 Å². The summed E-state index contributed by atoms with van der Waals surface area (Å²) < 4.78 is 61.8. The van der Waals surface area contributed by atoms with E-state index in [4.69, 9.17) is 0 Å². The molecule has 2 rings (SSSR count). The number of para-hydroxylation sites is 2. The standard InChI is InChI=1S/2C6H6O4S.2Ca/c2*7-5-3-1-2-4-6(5)11(8,9)10;;/h2*1-4,7H,(H,8,9,10);;/q;;2*+2/p-4. The molecule has 0 radical (unpaired) electrons. The largest absolute Gasteiger partial charge is 2.00 e. The summed E-state index contributed by atoms with van der Waals surface area (Å²) in [6, 6.07) is 9.44. The Balaban J connectivity index is 0. The summed E-state index contributed by atoms with van der Waals surface area (Å²) >= 11 is 0. The van der Waals surface area contributed by atoms with Gasteiger partial charge in [-0.2, -0.15) is 0 Å². The third-order valence-electron chi connectivity index (χ3n) is 2.24. The molecule has 12 heteroatoms. The van der Waals surface area contributed by atoms with Crippen LogP contribution < -0.4 is 10.2 Å². The molecule has 2 aromatic carbocycles. The van der Waals surface area contributed by atoms with Crippen molar-refractivity contribution < 1.29 is 36.2 Å². The molecule has 0 atom stereocenters. The zero-order chi connectivity index (χ0) is 17.0. The SMILES string of the molecule is O=S(=O)([O-])c1ccccc1[O-].O=S(=O)([O-])c1ccccc1[O-].[Ca+2].[Ca+2]. The van der Waals surface area contributed by atoms with Gasteiger partial charge in [0.15, 0.2) is 0 Å². The fourth-order valence-corrected chi connectivity index (χ4v) is 2.43. The molecule has 8 nitrogen and oxygen atoms in total. The normalized spacial score (nSPS) is 10.4. The Hall–Kier alpha value is 0.379. The number of rotatable bonds is 2. The van der Waals surface area contributed by atoms with E-state index in [-0.39, 0.29) is 75.5 Å². The molecule has 0 aromatic heterocycles. The first kappa shape index (κ1) is 26.6. The molecule has 0 saturated heterocycles. The van der Waals surface area contributed by atoms with Crippen LogP contribution in [-0.4, -0.2) is 101 Å². The average Bonchev–Trinajstić information content (AvgIpc) is 2.37. The Morgan fingerprint density at radius 1 is 0.583 bits per heavy atom. The van der Waals surface area contributed by atoms with Crippen LogP contribution in [0.1, 0.15) is 0 Å². The molecule has 0 saturated carbocycles. The summed E-state index contributed by atoms with van der Waals surface area (Å²) in [5.74, 6) is -1.52. The zero-order valence-corrected chi connectivity index (χ0v) is 18.2. The molecular weight excluding hydrogens is 416 g/mol. The maximum Gasteiger partial charge on any atom is 2.00 e. The predicted molar refractivity (Wildman–Crippen MR) is 79.2 cm³/mol. The first-order valence-electron chi connectivity index (χ1n) is 5.47. The Morgan fingerprint density at radius 3 is 1.00 bits per heavy atom. The molecule has 0 spiro atoms. The van der Waals surface area contributed by atoms with Gasteiger partial charge in [0, 0.05) is 9.79 Å². The van der Waals surface area contributed by atoms with Gasteiger partial charge in [-0.25, -0.2) is 16.8 Å². The Morgan fingerprint density at radius 2 is 0.833 bits per heavy atom. The molecule has 24 heavy (non-hydrogen) atoms. The van der Waals surface area contributed by atoms with Gasteiger partial charge in [0.05, 0.1) is 0 Å². The van der Waals surface area contributed by atoms with Gasteiger partial charge in [0.2, 0.25) is 0 Å². The van der Waals surface area contributed by atoms with Gasteiger partial charge in [-0.15, -0.1) is 0 Å². The molecule has 0 aliphatic rings. The number of hydrogen-bond acceptors (Lipinski definition) is 8. The van der Waals surface area contributed by atoms with Gasteiger partial charge in [0.1, 0.15) is 20.2 Å². The maximum atomic E-state index is 10.7. The van der Waals surface area contributed by atoms with Gasteiger partial charge >= 0.3 is 75.5 Å². The molecule has 0 heterocycles. The van der Waals surface area contributed by atoms with Crippen molar-refractivity contribution in [3.8, 4) is 11.5 Å². The summed E-state index contributed by atoms with van der Waals surface area (Å²) in [4.78, 5) is -1.39. The second-order valence-corrected chi connectivity index (χ2v) is 6.50. The van der Waals surface area contributed by atoms with E-state index in [2.05, 4.69) is 0 Å². The fourth-order valence-electron chi connectivity index (χ4n) is 1.31. The van der Waals surface area contributed by atoms with Crippen molar-refractivity contribution in [3.05, 3.63) is 48.5 Å². The van der Waals surface area contributed by atoms with Gasteiger partial charge in [0.25, 0.3) is 0 Å². The van der Waals surface area contributed by atoms with E-state index in [0.29, 0.717) is 0 Å². The van der Waals surface area contributed by atoms with Crippen molar-refractivity contribution in [1.29, 1.82) is 0 Å². The van der Waals surface area contributed by atoms with Crippen LogP contribution in [0.25, 0.3) is 0 Å². The van der Waals surface area contributed by atoms with Crippen molar-refractivity contribution in [2.24, 2.45) is 0 Å². The van der Waals surface area contributed by atoms with Gasteiger partial charge in [-0.05, 0) is 12.1 Å². The van der Waals surface area contributed by atoms with Crippen molar-refractivity contribution in [2.75, 3.05) is 0 Å². The van der Waals surface area contributed by atoms with E-state index in [1.54, 1.807) is 0 Å². The number of benzene rings is 2. The van der Waals surface area contributed by atoms with Gasteiger partial charge < -0.3 is 19.3 Å². The van der Waals surface area contributed by atoms with E-state index < -0.39 is 41.5 Å². The quantitative estimate of drug-likeness (QED) is 0.419. The minimum Gasteiger partial charge on any atom is -0.872 e. The summed E-state index contributed by atoms with van der Waals surface area (Å²) in [5.41, 5.74) is 0. The average molecular weight is 424 g/mol. The Labute approximate surface area is 199 Å². The molecule has 0 fully saturated rings. The summed E-state index contributed by atoms with van der Waals surface area (Å²) in [5, 5.41) is 21.4. The van der Waals surface area contributed by atoms with E-state index in [1.165, 1.54) is 24.3 Å². The van der Waals surface area contributed by atoms with Crippen molar-refractivity contribution in [1.82, 2.24) is 0 Å². The molecular formula is C12H8Ca2O8S2. The van der Waals surface area contributed by atoms with Crippen LogP contribution >= 0.6 is 0 Å². The molecule has 0 N–H and O–H groups in total. The Kier molecular flexibility index (Phi) is 12.4. The van der Waals surface area contributed by atoms with E-state index >= 15 is 0 Å². The minimum atomic E-state index is -4.60. The van der Waals surface area contributed by atoms with Crippen LogP contribution in [0.3, 0.4) is 0 Å². The van der Waals surface area contributed by atoms with E-state index in [9.17, 15) is 36.2 Å². The maximum absolute atomic E-state index is 10.7. The zero-order valence-electron chi connectivity index (χ0n) is 12.1. The smallest absolute Gasteiger partial charge is 0.872 e. The third kappa shape index (κ3) is 8.65. The first-order chi connectivity index (χ1) is 10.0. The topological polar surface area (TPSA) is 161 Å². The summed E-state index contributed by atoms with van der Waals surface area (Å²) in [6.45, 7) is 0. The molecule has 0 aliphatic heterocycles.